The third kappa shape index (κ3) is 3.57. The standard InChI is InChI=1S/C12H4Cl3N3O2S/c13-7-1-8(14)3-9(2-7)21-11-6(4-16)5-17-12(15)10(11)18(19)20/h1-3,5H. The number of benzene rings is 1. The first-order valence-corrected chi connectivity index (χ1v) is 7.24. The second-order valence-corrected chi connectivity index (χ2v) is 6.03. The van der Waals surface area contributed by atoms with Crippen LogP contribution in [0.15, 0.2) is 34.2 Å². The Kier molecular flexibility index (Phi) is 4.91. The number of pyridine rings is 1. The summed E-state index contributed by atoms with van der Waals surface area (Å²) >= 11 is 18.5. The molecule has 0 saturated carbocycles. The van der Waals surface area contributed by atoms with Gasteiger partial charge in [-0.2, -0.15) is 5.26 Å². The minimum Gasteiger partial charge on any atom is -0.258 e. The van der Waals surface area contributed by atoms with Gasteiger partial charge in [0.2, 0.25) is 5.15 Å². The number of hydrogen-bond acceptors (Lipinski definition) is 5. The summed E-state index contributed by atoms with van der Waals surface area (Å²) < 4.78 is 0. The van der Waals surface area contributed by atoms with Crippen molar-refractivity contribution in [2.24, 2.45) is 0 Å². The zero-order valence-corrected chi connectivity index (χ0v) is 13.1. The minimum absolute atomic E-state index is 0.0483. The number of aromatic nitrogens is 1. The van der Waals surface area contributed by atoms with E-state index in [-0.39, 0.29) is 15.6 Å². The van der Waals surface area contributed by atoms with E-state index in [9.17, 15) is 10.1 Å². The second kappa shape index (κ2) is 6.50. The van der Waals surface area contributed by atoms with Gasteiger partial charge in [-0.25, -0.2) is 4.98 Å². The third-order valence-corrected chi connectivity index (χ3v) is 4.12. The average Bonchev–Trinajstić information content (AvgIpc) is 2.37. The number of halogens is 3. The summed E-state index contributed by atoms with van der Waals surface area (Å²) in [5.41, 5.74) is -0.371. The van der Waals surface area contributed by atoms with Crippen LogP contribution in [0.5, 0.6) is 0 Å². The molecule has 0 amide bonds. The molecule has 0 atom stereocenters. The molecular weight excluding hydrogens is 357 g/mol. The molecule has 0 unspecified atom stereocenters. The quantitative estimate of drug-likeness (QED) is 0.438. The number of nitrogens with zero attached hydrogens (tertiary/aromatic N) is 3. The van der Waals surface area contributed by atoms with Crippen molar-refractivity contribution in [3.05, 3.63) is 55.3 Å². The summed E-state index contributed by atoms with van der Waals surface area (Å²) in [5.74, 6) is 0. The topological polar surface area (TPSA) is 79.8 Å². The van der Waals surface area contributed by atoms with Crippen LogP contribution >= 0.6 is 46.6 Å². The van der Waals surface area contributed by atoms with Crippen LogP contribution in [0.4, 0.5) is 5.69 Å². The van der Waals surface area contributed by atoms with Crippen LogP contribution in [-0.2, 0) is 0 Å². The summed E-state index contributed by atoms with van der Waals surface area (Å²) in [7, 11) is 0. The van der Waals surface area contributed by atoms with Crippen molar-refractivity contribution < 1.29 is 4.92 Å². The molecule has 0 fully saturated rings. The highest BCUT2D eigenvalue weighted by Gasteiger charge is 2.25. The van der Waals surface area contributed by atoms with Crippen LogP contribution < -0.4 is 0 Å². The van der Waals surface area contributed by atoms with Gasteiger partial charge in [-0.3, -0.25) is 10.1 Å². The smallest absolute Gasteiger partial charge is 0.258 e. The first-order chi connectivity index (χ1) is 9.92. The summed E-state index contributed by atoms with van der Waals surface area (Å²) in [6.07, 6.45) is 1.18. The fourth-order valence-electron chi connectivity index (χ4n) is 1.51. The van der Waals surface area contributed by atoms with Crippen LogP contribution in [-0.4, -0.2) is 9.91 Å². The molecule has 1 heterocycles. The Hall–Kier alpha value is -1.52. The lowest BCUT2D eigenvalue weighted by molar-refractivity contribution is -0.387. The molecule has 0 aliphatic carbocycles. The maximum Gasteiger partial charge on any atom is 0.321 e. The summed E-state index contributed by atoms with van der Waals surface area (Å²) in [6, 6.07) is 6.55. The monoisotopic (exact) mass is 359 g/mol. The number of nitro groups is 1. The van der Waals surface area contributed by atoms with Gasteiger partial charge in [-0.1, -0.05) is 46.6 Å². The molecule has 0 saturated heterocycles. The van der Waals surface area contributed by atoms with Crippen LogP contribution in [0, 0.1) is 21.4 Å². The molecule has 21 heavy (non-hydrogen) atoms. The van der Waals surface area contributed by atoms with Crippen molar-refractivity contribution in [3.63, 3.8) is 0 Å². The van der Waals surface area contributed by atoms with Crippen molar-refractivity contribution >= 4 is 52.3 Å². The molecule has 1 aromatic carbocycles. The fraction of sp³-hybridized carbons (Fsp3) is 0. The normalized spacial score (nSPS) is 10.2. The molecule has 0 aliphatic heterocycles. The molecule has 1 aromatic heterocycles. The van der Waals surface area contributed by atoms with E-state index in [1.165, 1.54) is 12.3 Å². The Morgan fingerprint density at radius 3 is 2.38 bits per heavy atom. The van der Waals surface area contributed by atoms with Crippen molar-refractivity contribution in [1.29, 1.82) is 5.26 Å². The lowest BCUT2D eigenvalue weighted by Gasteiger charge is -2.06. The van der Waals surface area contributed by atoms with Crippen LogP contribution in [0.1, 0.15) is 5.56 Å². The van der Waals surface area contributed by atoms with Crippen LogP contribution in [0.3, 0.4) is 0 Å². The van der Waals surface area contributed by atoms with Crippen molar-refractivity contribution in [2.45, 2.75) is 9.79 Å². The minimum atomic E-state index is -0.676. The Bertz CT molecular complexity index is 757. The molecule has 5 nitrogen and oxygen atoms in total. The van der Waals surface area contributed by atoms with E-state index in [4.69, 9.17) is 40.1 Å². The van der Waals surface area contributed by atoms with Gasteiger partial charge < -0.3 is 0 Å². The molecule has 2 rings (SSSR count). The Morgan fingerprint density at radius 2 is 1.86 bits per heavy atom. The SMILES string of the molecule is N#Cc1cnc(Cl)c([N+](=O)[O-])c1Sc1cc(Cl)cc(Cl)c1. The predicted octanol–water partition coefficient (Wildman–Crippen LogP) is 4.97. The van der Waals surface area contributed by atoms with Crippen molar-refractivity contribution in [2.75, 3.05) is 0 Å². The van der Waals surface area contributed by atoms with Crippen LogP contribution in [0.2, 0.25) is 15.2 Å². The lowest BCUT2D eigenvalue weighted by atomic mass is 10.3. The van der Waals surface area contributed by atoms with Gasteiger partial charge in [0.25, 0.3) is 0 Å². The Morgan fingerprint density at radius 1 is 1.24 bits per heavy atom. The third-order valence-electron chi connectivity index (χ3n) is 2.32. The zero-order valence-electron chi connectivity index (χ0n) is 10.0. The maximum absolute atomic E-state index is 11.1. The highest BCUT2D eigenvalue weighted by Crippen LogP contribution is 2.41. The number of nitriles is 1. The molecule has 0 N–H and O–H groups in total. The van der Waals surface area contributed by atoms with Crippen LogP contribution in [0.25, 0.3) is 0 Å². The Labute approximate surface area is 138 Å². The van der Waals surface area contributed by atoms with Gasteiger partial charge in [0.05, 0.1) is 10.5 Å². The van der Waals surface area contributed by atoms with E-state index < -0.39 is 10.6 Å². The summed E-state index contributed by atoms with van der Waals surface area (Å²) in [6.45, 7) is 0. The Balaban J connectivity index is 2.60. The molecular formula is C12H4Cl3N3O2S. The highest BCUT2D eigenvalue weighted by molar-refractivity contribution is 7.99. The molecule has 106 valence electrons. The average molecular weight is 361 g/mol. The van der Waals surface area contributed by atoms with Crippen molar-refractivity contribution in [1.82, 2.24) is 4.98 Å². The molecule has 2 aromatic rings. The number of hydrogen-bond donors (Lipinski definition) is 0. The molecule has 0 radical (unpaired) electrons. The highest BCUT2D eigenvalue weighted by atomic mass is 35.5. The first kappa shape index (κ1) is 15.9. The maximum atomic E-state index is 11.1. The molecule has 0 bridgehead atoms. The van der Waals surface area contributed by atoms with E-state index in [2.05, 4.69) is 4.98 Å². The van der Waals surface area contributed by atoms with Gasteiger partial charge in [0.15, 0.2) is 0 Å². The lowest BCUT2D eigenvalue weighted by Crippen LogP contribution is -1.97. The molecule has 0 aliphatic rings. The van der Waals surface area contributed by atoms with E-state index in [1.54, 1.807) is 12.1 Å². The zero-order chi connectivity index (χ0) is 15.6. The largest absolute Gasteiger partial charge is 0.321 e. The van der Waals surface area contributed by atoms with Gasteiger partial charge in [-0.05, 0) is 18.2 Å². The number of rotatable bonds is 3. The van der Waals surface area contributed by atoms with Gasteiger partial charge >= 0.3 is 5.69 Å². The predicted molar refractivity (Wildman–Crippen MR) is 81.2 cm³/mol. The van der Waals surface area contributed by atoms with E-state index in [0.717, 1.165) is 11.8 Å². The van der Waals surface area contributed by atoms with E-state index in [0.29, 0.717) is 14.9 Å². The molecule has 9 heteroatoms. The fourth-order valence-corrected chi connectivity index (χ4v) is 3.52. The summed E-state index contributed by atoms with van der Waals surface area (Å²) in [5, 5.41) is 20.7. The van der Waals surface area contributed by atoms with Crippen molar-refractivity contribution in [3.8, 4) is 6.07 Å². The van der Waals surface area contributed by atoms with Gasteiger partial charge in [0.1, 0.15) is 11.0 Å². The second-order valence-electron chi connectivity index (χ2n) is 3.72. The van der Waals surface area contributed by atoms with E-state index >= 15 is 0 Å². The molecule has 0 spiro atoms. The van der Waals surface area contributed by atoms with E-state index in [1.807, 2.05) is 6.07 Å². The van der Waals surface area contributed by atoms with Gasteiger partial charge in [-0.15, -0.1) is 0 Å². The van der Waals surface area contributed by atoms with Gasteiger partial charge in [0, 0.05) is 21.1 Å². The summed E-state index contributed by atoms with van der Waals surface area (Å²) in [4.78, 5) is 14.8. The first-order valence-electron chi connectivity index (χ1n) is 5.29.